The Bertz CT molecular complexity index is 981. The summed E-state index contributed by atoms with van der Waals surface area (Å²) in [7, 11) is 0. The molecule has 1 aromatic carbocycles. The quantitative estimate of drug-likeness (QED) is 0.699. The van der Waals surface area contributed by atoms with Gasteiger partial charge in [0.2, 0.25) is 5.91 Å². The molecule has 2 aromatic heterocycles. The Balaban J connectivity index is 1.39. The number of benzene rings is 1. The third-order valence-electron chi connectivity index (χ3n) is 4.70. The lowest BCUT2D eigenvalue weighted by molar-refractivity contribution is -0.132. The highest BCUT2D eigenvalue weighted by molar-refractivity contribution is 7.20. The van der Waals surface area contributed by atoms with E-state index in [9.17, 15) is 14.0 Å². The van der Waals surface area contributed by atoms with Gasteiger partial charge in [0.05, 0.1) is 11.3 Å². The van der Waals surface area contributed by atoms with Crippen LogP contribution in [-0.2, 0) is 11.2 Å². The maximum Gasteiger partial charge on any atom is 0.264 e. The van der Waals surface area contributed by atoms with Gasteiger partial charge in [0.25, 0.3) is 5.91 Å². The van der Waals surface area contributed by atoms with Crippen LogP contribution in [0, 0.1) is 5.82 Å². The molecule has 3 aromatic rings. The molecule has 27 heavy (non-hydrogen) atoms. The third kappa shape index (κ3) is 3.68. The number of piperazine rings is 1. The Morgan fingerprint density at radius 2 is 1.81 bits per heavy atom. The van der Waals surface area contributed by atoms with Crippen molar-refractivity contribution in [2.75, 3.05) is 26.2 Å². The molecule has 0 unspecified atom stereocenters. The molecular formula is C20H18FN3O2S. The standard InChI is InChI=1S/C20H18FN3O2S/c21-16-5-3-6-17-15(16)13-18(27-17)20(26)24-10-8-23(9-11-24)19(25)12-14-4-1-2-7-22-14/h1-7,13H,8-12H2. The first-order valence-electron chi connectivity index (χ1n) is 8.77. The number of hydrogen-bond acceptors (Lipinski definition) is 4. The van der Waals surface area contributed by atoms with E-state index >= 15 is 0 Å². The second-order valence-electron chi connectivity index (χ2n) is 6.43. The molecule has 1 saturated heterocycles. The van der Waals surface area contributed by atoms with Crippen molar-refractivity contribution in [1.82, 2.24) is 14.8 Å². The number of fused-ring (bicyclic) bond motifs is 1. The van der Waals surface area contributed by atoms with Gasteiger partial charge in [-0.15, -0.1) is 11.3 Å². The number of hydrogen-bond donors (Lipinski definition) is 0. The van der Waals surface area contributed by atoms with Gasteiger partial charge < -0.3 is 9.80 Å². The molecule has 0 atom stereocenters. The molecule has 3 heterocycles. The maximum atomic E-state index is 13.9. The Morgan fingerprint density at radius 3 is 2.52 bits per heavy atom. The van der Waals surface area contributed by atoms with E-state index in [1.165, 1.54) is 17.4 Å². The van der Waals surface area contributed by atoms with Crippen molar-refractivity contribution in [3.05, 3.63) is 65.0 Å². The van der Waals surface area contributed by atoms with Gasteiger partial charge >= 0.3 is 0 Å². The van der Waals surface area contributed by atoms with Crippen LogP contribution in [0.4, 0.5) is 4.39 Å². The van der Waals surface area contributed by atoms with Gasteiger partial charge in [0.15, 0.2) is 0 Å². The van der Waals surface area contributed by atoms with Crippen LogP contribution in [0.3, 0.4) is 0 Å². The molecule has 7 heteroatoms. The van der Waals surface area contributed by atoms with E-state index in [0.717, 1.165) is 10.4 Å². The van der Waals surface area contributed by atoms with Crippen molar-refractivity contribution in [3.8, 4) is 0 Å². The molecule has 0 N–H and O–H groups in total. The number of thiophene rings is 1. The zero-order chi connectivity index (χ0) is 18.8. The van der Waals surface area contributed by atoms with Crippen molar-refractivity contribution >= 4 is 33.2 Å². The Labute approximate surface area is 160 Å². The monoisotopic (exact) mass is 383 g/mol. The first kappa shape index (κ1) is 17.6. The fraction of sp³-hybridized carbons (Fsp3) is 0.250. The highest BCUT2D eigenvalue weighted by Crippen LogP contribution is 2.28. The number of carbonyl (C=O) groups is 2. The molecule has 0 bridgehead atoms. The number of amides is 2. The Kier molecular flexibility index (Phi) is 4.85. The molecule has 0 radical (unpaired) electrons. The van der Waals surface area contributed by atoms with E-state index < -0.39 is 0 Å². The van der Waals surface area contributed by atoms with E-state index in [0.29, 0.717) is 36.4 Å². The number of halogens is 1. The van der Waals surface area contributed by atoms with Gasteiger partial charge in [0, 0.05) is 48.2 Å². The van der Waals surface area contributed by atoms with Crippen LogP contribution in [0.15, 0.2) is 48.7 Å². The minimum absolute atomic E-state index is 0.0183. The van der Waals surface area contributed by atoms with E-state index in [4.69, 9.17) is 0 Å². The smallest absolute Gasteiger partial charge is 0.264 e. The molecule has 0 spiro atoms. The number of carbonyl (C=O) groups excluding carboxylic acids is 2. The van der Waals surface area contributed by atoms with E-state index in [-0.39, 0.29) is 24.1 Å². The molecule has 1 fully saturated rings. The van der Waals surface area contributed by atoms with Crippen molar-refractivity contribution < 1.29 is 14.0 Å². The van der Waals surface area contributed by atoms with Crippen LogP contribution in [0.2, 0.25) is 0 Å². The van der Waals surface area contributed by atoms with E-state index in [1.54, 1.807) is 28.1 Å². The largest absolute Gasteiger partial charge is 0.339 e. The van der Waals surface area contributed by atoms with Crippen LogP contribution < -0.4 is 0 Å². The average Bonchev–Trinajstić information content (AvgIpc) is 3.14. The lowest BCUT2D eigenvalue weighted by Gasteiger charge is -2.34. The summed E-state index contributed by atoms with van der Waals surface area (Å²) >= 11 is 1.30. The topological polar surface area (TPSA) is 53.5 Å². The highest BCUT2D eigenvalue weighted by atomic mass is 32.1. The first-order valence-corrected chi connectivity index (χ1v) is 9.58. The predicted molar refractivity (Wildman–Crippen MR) is 102 cm³/mol. The minimum atomic E-state index is -0.312. The first-order chi connectivity index (χ1) is 13.1. The zero-order valence-electron chi connectivity index (χ0n) is 14.6. The minimum Gasteiger partial charge on any atom is -0.339 e. The molecular weight excluding hydrogens is 365 g/mol. The van der Waals surface area contributed by atoms with Crippen LogP contribution in [0.25, 0.3) is 10.1 Å². The summed E-state index contributed by atoms with van der Waals surface area (Å²) in [4.78, 5) is 33.4. The summed E-state index contributed by atoms with van der Waals surface area (Å²) in [6.07, 6.45) is 1.94. The summed E-state index contributed by atoms with van der Waals surface area (Å²) in [5.41, 5.74) is 0.744. The number of rotatable bonds is 3. The summed E-state index contributed by atoms with van der Waals surface area (Å²) in [5, 5.41) is 0.482. The molecule has 1 aliphatic heterocycles. The lowest BCUT2D eigenvalue weighted by atomic mass is 10.2. The highest BCUT2D eigenvalue weighted by Gasteiger charge is 2.26. The fourth-order valence-electron chi connectivity index (χ4n) is 3.21. The molecule has 5 nitrogen and oxygen atoms in total. The van der Waals surface area contributed by atoms with Gasteiger partial charge in [0.1, 0.15) is 5.82 Å². The van der Waals surface area contributed by atoms with Crippen molar-refractivity contribution in [2.45, 2.75) is 6.42 Å². The average molecular weight is 383 g/mol. The summed E-state index contributed by atoms with van der Waals surface area (Å²) in [6.45, 7) is 1.94. The second kappa shape index (κ2) is 7.44. The molecule has 0 saturated carbocycles. The van der Waals surface area contributed by atoms with Crippen molar-refractivity contribution in [1.29, 1.82) is 0 Å². The number of aromatic nitrogens is 1. The number of nitrogens with zero attached hydrogens (tertiary/aromatic N) is 3. The molecule has 138 valence electrons. The third-order valence-corrected chi connectivity index (χ3v) is 5.79. The second-order valence-corrected chi connectivity index (χ2v) is 7.52. The Hall–Kier alpha value is -2.80. The molecule has 1 aliphatic rings. The van der Waals surface area contributed by atoms with Gasteiger partial charge in [-0.1, -0.05) is 12.1 Å². The SMILES string of the molecule is O=C(Cc1ccccn1)N1CCN(C(=O)c2cc3c(F)cccc3s2)CC1. The van der Waals surface area contributed by atoms with Crippen molar-refractivity contribution in [3.63, 3.8) is 0 Å². The van der Waals surface area contributed by atoms with Crippen LogP contribution in [-0.4, -0.2) is 52.8 Å². The molecule has 0 aliphatic carbocycles. The van der Waals surface area contributed by atoms with Gasteiger partial charge in [-0.05, 0) is 30.3 Å². The Morgan fingerprint density at radius 1 is 1.04 bits per heavy atom. The summed E-state index contributed by atoms with van der Waals surface area (Å²) in [6, 6.07) is 12.0. The molecule has 4 rings (SSSR count). The van der Waals surface area contributed by atoms with Crippen molar-refractivity contribution in [2.24, 2.45) is 0 Å². The van der Waals surface area contributed by atoms with Crippen LogP contribution in [0.5, 0.6) is 0 Å². The van der Waals surface area contributed by atoms with Gasteiger partial charge in [-0.3, -0.25) is 14.6 Å². The normalized spacial score (nSPS) is 14.6. The van der Waals surface area contributed by atoms with E-state index in [2.05, 4.69) is 4.98 Å². The molecule has 2 amide bonds. The lowest BCUT2D eigenvalue weighted by Crippen LogP contribution is -2.50. The fourth-order valence-corrected chi connectivity index (χ4v) is 4.26. The van der Waals surface area contributed by atoms with Gasteiger partial charge in [-0.25, -0.2) is 4.39 Å². The van der Waals surface area contributed by atoms with Gasteiger partial charge in [-0.2, -0.15) is 0 Å². The van der Waals surface area contributed by atoms with Crippen LogP contribution >= 0.6 is 11.3 Å². The predicted octanol–water partition coefficient (Wildman–Crippen LogP) is 2.96. The summed E-state index contributed by atoms with van der Waals surface area (Å²) < 4.78 is 14.6. The number of pyridine rings is 1. The van der Waals surface area contributed by atoms with Crippen LogP contribution in [0.1, 0.15) is 15.4 Å². The maximum absolute atomic E-state index is 13.9. The van der Waals surface area contributed by atoms with E-state index in [1.807, 2.05) is 24.3 Å². The zero-order valence-corrected chi connectivity index (χ0v) is 15.4. The summed E-state index contributed by atoms with van der Waals surface area (Å²) in [5.74, 6) is -0.398.